The number of anilines is 2. The van der Waals surface area contributed by atoms with Crippen LogP contribution in [0.5, 0.6) is 0 Å². The fraction of sp³-hybridized carbons (Fsp3) is 0.250. The molecular formula is C8H11N5S2. The highest BCUT2D eigenvalue weighted by Crippen LogP contribution is 2.34. The summed E-state index contributed by atoms with van der Waals surface area (Å²) in [4.78, 5) is 1.01. The van der Waals surface area contributed by atoms with Gasteiger partial charge in [0.05, 0.1) is 17.1 Å². The summed E-state index contributed by atoms with van der Waals surface area (Å²) in [6.07, 6.45) is 3.72. The molecule has 0 amide bonds. The lowest BCUT2D eigenvalue weighted by Gasteiger charge is -2.02. The van der Waals surface area contributed by atoms with Crippen LogP contribution in [0.2, 0.25) is 0 Å². The van der Waals surface area contributed by atoms with E-state index in [2.05, 4.69) is 19.9 Å². The topological polar surface area (TPSA) is 79.6 Å². The third kappa shape index (κ3) is 2.24. The molecule has 0 spiro atoms. The molecule has 0 unspecified atom stereocenters. The minimum Gasteiger partial charge on any atom is -0.382 e. The number of rotatable bonds is 4. The van der Waals surface area contributed by atoms with Crippen LogP contribution < -0.4 is 11.1 Å². The van der Waals surface area contributed by atoms with E-state index in [0.29, 0.717) is 12.4 Å². The molecule has 7 heteroatoms. The maximum atomic E-state index is 5.72. The van der Waals surface area contributed by atoms with Gasteiger partial charge in [0, 0.05) is 6.20 Å². The average molecular weight is 241 g/mol. The Labute approximate surface area is 95.6 Å². The Morgan fingerprint density at radius 2 is 2.53 bits per heavy atom. The number of nitrogens with two attached hydrogens (primary N) is 1. The lowest BCUT2D eigenvalue weighted by Crippen LogP contribution is -1.99. The van der Waals surface area contributed by atoms with Gasteiger partial charge in [-0.1, -0.05) is 0 Å². The number of nitrogens with zero attached hydrogens (tertiary/aromatic N) is 2. The largest absolute Gasteiger partial charge is 0.382 e. The molecule has 0 saturated heterocycles. The first-order chi connectivity index (χ1) is 7.31. The third-order valence-electron chi connectivity index (χ3n) is 1.88. The molecule has 0 atom stereocenters. The van der Waals surface area contributed by atoms with Crippen LogP contribution in [0, 0.1) is 0 Å². The lowest BCUT2D eigenvalue weighted by molar-refractivity contribution is 0.982. The number of H-pyrrole nitrogens is 1. The van der Waals surface area contributed by atoms with Crippen LogP contribution in [0.1, 0.15) is 5.69 Å². The molecule has 2 aromatic rings. The minimum atomic E-state index is 0.597. The second-order valence-corrected chi connectivity index (χ2v) is 4.46. The summed E-state index contributed by atoms with van der Waals surface area (Å²) in [5, 5.41) is 11.0. The first kappa shape index (κ1) is 10.3. The predicted octanol–water partition coefficient (Wildman–Crippen LogP) is 1.78. The van der Waals surface area contributed by atoms with E-state index in [1.165, 1.54) is 11.5 Å². The van der Waals surface area contributed by atoms with Crippen LogP contribution >= 0.6 is 23.3 Å². The van der Waals surface area contributed by atoms with E-state index < -0.39 is 0 Å². The predicted molar refractivity (Wildman–Crippen MR) is 64.2 cm³/mol. The third-order valence-corrected chi connectivity index (χ3v) is 3.65. The average Bonchev–Trinajstić information content (AvgIpc) is 2.84. The summed E-state index contributed by atoms with van der Waals surface area (Å²) < 4.78 is 4.10. The molecule has 0 aliphatic rings. The molecule has 80 valence electrons. The van der Waals surface area contributed by atoms with E-state index in [1.54, 1.807) is 18.0 Å². The fourth-order valence-corrected chi connectivity index (χ4v) is 2.70. The number of nitrogen functional groups attached to an aromatic ring is 1. The van der Waals surface area contributed by atoms with Crippen LogP contribution in [0.15, 0.2) is 17.2 Å². The zero-order chi connectivity index (χ0) is 10.7. The van der Waals surface area contributed by atoms with Crippen molar-refractivity contribution in [2.75, 3.05) is 17.3 Å². The van der Waals surface area contributed by atoms with Gasteiger partial charge in [-0.3, -0.25) is 5.10 Å². The molecule has 4 N–H and O–H groups in total. The van der Waals surface area contributed by atoms with Crippen LogP contribution in [0.25, 0.3) is 0 Å². The highest BCUT2D eigenvalue weighted by Gasteiger charge is 2.09. The summed E-state index contributed by atoms with van der Waals surface area (Å²) in [5.74, 6) is 0.597. The Bertz CT molecular complexity index is 422. The molecule has 5 nitrogen and oxygen atoms in total. The SMILES string of the molecule is CSc1c(N)nsc1NCc1ccn[nH]1. The smallest absolute Gasteiger partial charge is 0.153 e. The number of hydrogen-bond donors (Lipinski definition) is 3. The zero-order valence-electron chi connectivity index (χ0n) is 8.15. The van der Waals surface area contributed by atoms with Gasteiger partial charge in [-0.05, 0) is 23.9 Å². The molecule has 0 aliphatic carbocycles. The number of aromatic amines is 1. The maximum absolute atomic E-state index is 5.72. The summed E-state index contributed by atoms with van der Waals surface area (Å²) in [5.41, 5.74) is 6.76. The van der Waals surface area contributed by atoms with Gasteiger partial charge in [0.1, 0.15) is 5.00 Å². The second kappa shape index (κ2) is 4.54. The highest BCUT2D eigenvalue weighted by molar-refractivity contribution is 7.99. The normalized spacial score (nSPS) is 10.5. The quantitative estimate of drug-likeness (QED) is 0.711. The summed E-state index contributed by atoms with van der Waals surface area (Å²) in [7, 11) is 0. The standard InChI is InChI=1S/C8H11N5S2/c1-14-6-7(9)13-15-8(6)10-4-5-2-3-11-12-5/h2-3,10H,4H2,1H3,(H2,9,13)(H,11,12). The Balaban J connectivity index is 2.05. The van der Waals surface area contributed by atoms with Crippen molar-refractivity contribution in [3.8, 4) is 0 Å². The van der Waals surface area contributed by atoms with Crippen molar-refractivity contribution in [3.63, 3.8) is 0 Å². The summed E-state index contributed by atoms with van der Waals surface area (Å²) in [6, 6.07) is 1.93. The highest BCUT2D eigenvalue weighted by atomic mass is 32.2. The van der Waals surface area contributed by atoms with Crippen LogP contribution in [0.4, 0.5) is 10.8 Å². The van der Waals surface area contributed by atoms with Crippen molar-refractivity contribution in [1.82, 2.24) is 14.6 Å². The van der Waals surface area contributed by atoms with Crippen LogP contribution in [-0.4, -0.2) is 20.8 Å². The molecule has 2 rings (SSSR count). The molecule has 0 radical (unpaired) electrons. The first-order valence-electron chi connectivity index (χ1n) is 4.32. The molecular weight excluding hydrogens is 230 g/mol. The van der Waals surface area contributed by atoms with Gasteiger partial charge in [0.2, 0.25) is 0 Å². The van der Waals surface area contributed by atoms with E-state index in [0.717, 1.165) is 15.6 Å². The van der Waals surface area contributed by atoms with Crippen molar-refractivity contribution in [2.24, 2.45) is 0 Å². The molecule has 0 aliphatic heterocycles. The monoisotopic (exact) mass is 241 g/mol. The first-order valence-corrected chi connectivity index (χ1v) is 6.32. The summed E-state index contributed by atoms with van der Waals surface area (Å²) >= 11 is 2.98. The van der Waals surface area contributed by atoms with Gasteiger partial charge in [0.25, 0.3) is 0 Å². The van der Waals surface area contributed by atoms with Crippen LogP contribution in [-0.2, 0) is 6.54 Å². The summed E-state index contributed by atoms with van der Waals surface area (Å²) in [6.45, 7) is 0.704. The molecule has 0 bridgehead atoms. The van der Waals surface area contributed by atoms with Gasteiger partial charge in [0.15, 0.2) is 5.82 Å². The van der Waals surface area contributed by atoms with E-state index >= 15 is 0 Å². The Morgan fingerprint density at radius 1 is 1.67 bits per heavy atom. The molecule has 0 saturated carbocycles. The van der Waals surface area contributed by atoms with E-state index in [4.69, 9.17) is 5.73 Å². The minimum absolute atomic E-state index is 0.597. The molecule has 2 heterocycles. The fourth-order valence-electron chi connectivity index (χ4n) is 1.16. The second-order valence-electron chi connectivity index (χ2n) is 2.87. The van der Waals surface area contributed by atoms with Gasteiger partial charge < -0.3 is 11.1 Å². The molecule has 0 aromatic carbocycles. The maximum Gasteiger partial charge on any atom is 0.153 e. The van der Waals surface area contributed by atoms with Crippen molar-refractivity contribution >= 4 is 34.1 Å². The molecule has 0 fully saturated rings. The number of thioether (sulfide) groups is 1. The van der Waals surface area contributed by atoms with Gasteiger partial charge in [-0.15, -0.1) is 11.8 Å². The number of aromatic nitrogens is 3. The Hall–Kier alpha value is -1.21. The Morgan fingerprint density at radius 3 is 3.20 bits per heavy atom. The van der Waals surface area contributed by atoms with Gasteiger partial charge >= 0.3 is 0 Å². The van der Waals surface area contributed by atoms with Crippen molar-refractivity contribution in [3.05, 3.63) is 18.0 Å². The lowest BCUT2D eigenvalue weighted by atomic mass is 10.4. The number of nitrogens with one attached hydrogen (secondary N) is 2. The van der Waals surface area contributed by atoms with Crippen LogP contribution in [0.3, 0.4) is 0 Å². The van der Waals surface area contributed by atoms with Gasteiger partial charge in [-0.25, -0.2) is 0 Å². The van der Waals surface area contributed by atoms with Crippen molar-refractivity contribution in [1.29, 1.82) is 0 Å². The van der Waals surface area contributed by atoms with E-state index in [-0.39, 0.29) is 0 Å². The van der Waals surface area contributed by atoms with Crippen molar-refractivity contribution in [2.45, 2.75) is 11.4 Å². The van der Waals surface area contributed by atoms with Crippen molar-refractivity contribution < 1.29 is 0 Å². The number of hydrogen-bond acceptors (Lipinski definition) is 6. The molecule has 15 heavy (non-hydrogen) atoms. The Kier molecular flexibility index (Phi) is 3.12. The van der Waals surface area contributed by atoms with E-state index in [1.807, 2.05) is 12.3 Å². The molecule has 2 aromatic heterocycles. The van der Waals surface area contributed by atoms with E-state index in [9.17, 15) is 0 Å². The zero-order valence-corrected chi connectivity index (χ0v) is 9.78. The van der Waals surface area contributed by atoms with Gasteiger partial charge in [-0.2, -0.15) is 9.47 Å².